The van der Waals surface area contributed by atoms with Crippen LogP contribution in [0, 0.1) is 5.92 Å². The van der Waals surface area contributed by atoms with Crippen molar-refractivity contribution in [1.82, 2.24) is 0 Å². The summed E-state index contributed by atoms with van der Waals surface area (Å²) in [5.41, 5.74) is 0.510. The first-order chi connectivity index (χ1) is 10.2. The average molecular weight is 304 g/mol. The number of esters is 1. The number of carbonyl (C=O) groups is 2. The van der Waals surface area contributed by atoms with E-state index >= 15 is 0 Å². The predicted octanol–water partition coefficient (Wildman–Crippen LogP) is 3.85. The molecular weight excluding hydrogens is 280 g/mol. The van der Waals surface area contributed by atoms with Crippen molar-refractivity contribution in [2.75, 3.05) is 0 Å². The first-order valence-electron chi connectivity index (χ1n) is 7.39. The van der Waals surface area contributed by atoms with Crippen molar-refractivity contribution < 1.29 is 19.4 Å². The molecule has 0 saturated carbocycles. The van der Waals surface area contributed by atoms with Crippen LogP contribution in [0.3, 0.4) is 0 Å². The summed E-state index contributed by atoms with van der Waals surface area (Å²) in [5, 5.41) is 9.04. The highest BCUT2D eigenvalue weighted by molar-refractivity contribution is 5.87. The summed E-state index contributed by atoms with van der Waals surface area (Å²) in [6.07, 6.45) is 3.58. The van der Waals surface area contributed by atoms with Crippen molar-refractivity contribution in [2.24, 2.45) is 5.92 Å². The van der Waals surface area contributed by atoms with Gasteiger partial charge in [-0.3, -0.25) is 4.79 Å². The number of carbonyl (C=O) groups excluding carboxylic acids is 1. The summed E-state index contributed by atoms with van der Waals surface area (Å²) < 4.78 is 5.46. The molecule has 0 spiro atoms. The van der Waals surface area contributed by atoms with Crippen LogP contribution in [0.15, 0.2) is 36.9 Å². The van der Waals surface area contributed by atoms with E-state index in [0.717, 1.165) is 5.56 Å². The van der Waals surface area contributed by atoms with Crippen LogP contribution in [0.2, 0.25) is 0 Å². The summed E-state index contributed by atoms with van der Waals surface area (Å²) in [6.45, 7) is 9.18. The molecule has 0 saturated heterocycles. The van der Waals surface area contributed by atoms with Gasteiger partial charge in [0, 0.05) is 0 Å². The van der Waals surface area contributed by atoms with Crippen molar-refractivity contribution in [3.05, 3.63) is 48.0 Å². The second kappa shape index (κ2) is 7.78. The topological polar surface area (TPSA) is 63.6 Å². The summed E-state index contributed by atoms with van der Waals surface area (Å²) in [4.78, 5) is 23.3. The van der Waals surface area contributed by atoms with E-state index in [4.69, 9.17) is 9.84 Å². The number of hydrogen-bond acceptors (Lipinski definition) is 3. The Morgan fingerprint density at radius 3 is 2.59 bits per heavy atom. The zero-order valence-electron chi connectivity index (χ0n) is 13.5. The molecule has 0 aliphatic heterocycles. The summed E-state index contributed by atoms with van der Waals surface area (Å²) in [6, 6.07) is 6.67. The summed E-state index contributed by atoms with van der Waals surface area (Å²) in [7, 11) is 0. The van der Waals surface area contributed by atoms with Crippen LogP contribution >= 0.6 is 0 Å². The minimum Gasteiger partial charge on any atom is -0.478 e. The van der Waals surface area contributed by atoms with Gasteiger partial charge in [0.25, 0.3) is 0 Å². The van der Waals surface area contributed by atoms with Crippen molar-refractivity contribution in [2.45, 2.75) is 45.6 Å². The van der Waals surface area contributed by atoms with Crippen LogP contribution < -0.4 is 0 Å². The fraction of sp³-hybridized carbons (Fsp3) is 0.444. The zero-order valence-corrected chi connectivity index (χ0v) is 13.5. The molecule has 1 rings (SSSR count). The molecule has 0 heterocycles. The van der Waals surface area contributed by atoms with Gasteiger partial charge in [0.1, 0.15) is 5.60 Å². The number of rotatable bonds is 7. The van der Waals surface area contributed by atoms with Crippen molar-refractivity contribution in [3.63, 3.8) is 0 Å². The van der Waals surface area contributed by atoms with Crippen molar-refractivity contribution >= 4 is 11.9 Å². The van der Waals surface area contributed by atoms with E-state index in [1.807, 2.05) is 26.8 Å². The van der Waals surface area contributed by atoms with Crippen molar-refractivity contribution in [3.8, 4) is 0 Å². The Bertz CT molecular complexity index is 540. The second-order valence-electron chi connectivity index (χ2n) is 6.31. The quantitative estimate of drug-likeness (QED) is 0.614. The standard InChI is InChI=1S/C18H24O4/c1-5-6-9-15(17(21)22-18(2,3)4)12-13-8-7-10-14(11-13)16(19)20/h5,7-8,10-11,15H,1,6,9,12H2,2-4H3,(H,19,20)/t15-/m1/s1. The lowest BCUT2D eigenvalue weighted by Crippen LogP contribution is -2.29. The molecule has 0 radical (unpaired) electrons. The van der Waals surface area contributed by atoms with E-state index in [1.165, 1.54) is 6.07 Å². The lowest BCUT2D eigenvalue weighted by molar-refractivity contribution is -0.160. The Morgan fingerprint density at radius 2 is 2.05 bits per heavy atom. The number of benzene rings is 1. The third-order valence-electron chi connectivity index (χ3n) is 3.12. The molecular formula is C18H24O4. The lowest BCUT2D eigenvalue weighted by Gasteiger charge is -2.24. The Balaban J connectivity index is 2.88. The van der Waals surface area contributed by atoms with E-state index in [9.17, 15) is 9.59 Å². The lowest BCUT2D eigenvalue weighted by atomic mass is 9.93. The van der Waals surface area contributed by atoms with Crippen LogP contribution in [0.1, 0.15) is 49.5 Å². The van der Waals surface area contributed by atoms with Gasteiger partial charge in [-0.1, -0.05) is 18.2 Å². The van der Waals surface area contributed by atoms with Crippen LogP contribution in [0.4, 0.5) is 0 Å². The molecule has 0 aliphatic carbocycles. The molecule has 0 fully saturated rings. The van der Waals surface area contributed by atoms with Crippen LogP contribution in [-0.4, -0.2) is 22.6 Å². The highest BCUT2D eigenvalue weighted by atomic mass is 16.6. The molecule has 120 valence electrons. The number of hydrogen-bond donors (Lipinski definition) is 1. The molecule has 1 N–H and O–H groups in total. The van der Waals surface area contributed by atoms with Gasteiger partial charge in [-0.15, -0.1) is 6.58 Å². The molecule has 1 atom stereocenters. The molecule has 0 aromatic heterocycles. The molecule has 4 nitrogen and oxygen atoms in total. The Labute approximate surface area is 131 Å². The predicted molar refractivity (Wildman–Crippen MR) is 85.9 cm³/mol. The summed E-state index contributed by atoms with van der Waals surface area (Å²) in [5.74, 6) is -1.53. The molecule has 0 unspecified atom stereocenters. The van der Waals surface area contributed by atoms with Gasteiger partial charge in [0.15, 0.2) is 0 Å². The van der Waals surface area contributed by atoms with Crippen LogP contribution in [-0.2, 0) is 16.0 Å². The first kappa shape index (κ1) is 18.0. The highest BCUT2D eigenvalue weighted by Gasteiger charge is 2.25. The van der Waals surface area contributed by atoms with E-state index < -0.39 is 11.6 Å². The third kappa shape index (κ3) is 6.12. The molecule has 0 aliphatic rings. The number of carboxylic acid groups (broad SMARTS) is 1. The van der Waals surface area contributed by atoms with Crippen LogP contribution in [0.5, 0.6) is 0 Å². The number of carboxylic acids is 1. The zero-order chi connectivity index (χ0) is 16.8. The maximum atomic E-state index is 12.3. The van der Waals surface area contributed by atoms with Gasteiger partial charge in [-0.25, -0.2) is 4.79 Å². The monoisotopic (exact) mass is 304 g/mol. The smallest absolute Gasteiger partial charge is 0.335 e. The minimum absolute atomic E-state index is 0.226. The maximum Gasteiger partial charge on any atom is 0.335 e. The summed E-state index contributed by atoms with van der Waals surface area (Å²) >= 11 is 0. The molecule has 22 heavy (non-hydrogen) atoms. The minimum atomic E-state index is -0.971. The van der Waals surface area contributed by atoms with Gasteiger partial charge >= 0.3 is 11.9 Å². The maximum absolute atomic E-state index is 12.3. The molecule has 1 aromatic carbocycles. The van der Waals surface area contributed by atoms with Gasteiger partial charge < -0.3 is 9.84 Å². The Morgan fingerprint density at radius 1 is 1.36 bits per heavy atom. The molecule has 0 bridgehead atoms. The highest BCUT2D eigenvalue weighted by Crippen LogP contribution is 2.20. The average Bonchev–Trinajstić information content (AvgIpc) is 2.41. The fourth-order valence-electron chi connectivity index (χ4n) is 2.12. The van der Waals surface area contributed by atoms with Gasteiger partial charge in [0.05, 0.1) is 11.5 Å². The largest absolute Gasteiger partial charge is 0.478 e. The fourth-order valence-corrected chi connectivity index (χ4v) is 2.12. The number of aromatic carboxylic acids is 1. The van der Waals surface area contributed by atoms with E-state index in [0.29, 0.717) is 19.3 Å². The number of allylic oxidation sites excluding steroid dienone is 1. The first-order valence-corrected chi connectivity index (χ1v) is 7.39. The van der Waals surface area contributed by atoms with E-state index in [1.54, 1.807) is 18.2 Å². The van der Waals surface area contributed by atoms with Gasteiger partial charge in [-0.2, -0.15) is 0 Å². The van der Waals surface area contributed by atoms with E-state index in [2.05, 4.69) is 6.58 Å². The van der Waals surface area contributed by atoms with Crippen LogP contribution in [0.25, 0.3) is 0 Å². The normalized spacial score (nSPS) is 12.5. The molecule has 4 heteroatoms. The SMILES string of the molecule is C=CCC[C@H](Cc1cccc(C(=O)O)c1)C(=O)OC(C)(C)C. The Hall–Kier alpha value is -2.10. The van der Waals surface area contributed by atoms with Crippen molar-refractivity contribution in [1.29, 1.82) is 0 Å². The Kier molecular flexibility index (Phi) is 6.35. The molecule has 1 aromatic rings. The number of ether oxygens (including phenoxy) is 1. The van der Waals surface area contributed by atoms with Gasteiger partial charge in [0.2, 0.25) is 0 Å². The third-order valence-corrected chi connectivity index (χ3v) is 3.12. The van der Waals surface area contributed by atoms with Gasteiger partial charge in [-0.05, 0) is 57.7 Å². The van der Waals surface area contributed by atoms with E-state index in [-0.39, 0.29) is 17.5 Å². The second-order valence-corrected chi connectivity index (χ2v) is 6.31. The molecule has 0 amide bonds.